The fourth-order valence-electron chi connectivity index (χ4n) is 3.45. The molecular weight excluding hydrogens is 266 g/mol. The maximum Gasteiger partial charge on any atom is 0.264 e. The predicted molar refractivity (Wildman–Crippen MR) is 75.3 cm³/mol. The third kappa shape index (κ3) is 2.30. The molecule has 2 unspecified atom stereocenters. The van der Waals surface area contributed by atoms with Gasteiger partial charge in [0.15, 0.2) is 0 Å². The van der Waals surface area contributed by atoms with Crippen molar-refractivity contribution in [1.29, 1.82) is 0 Å². The van der Waals surface area contributed by atoms with E-state index in [0.717, 1.165) is 23.8 Å². The summed E-state index contributed by atoms with van der Waals surface area (Å²) in [5.41, 5.74) is 0. The maximum absolute atomic E-state index is 12.5. The van der Waals surface area contributed by atoms with Crippen LogP contribution in [-0.2, 0) is 0 Å². The Morgan fingerprint density at radius 3 is 2.78 bits per heavy atom. The van der Waals surface area contributed by atoms with Crippen LogP contribution in [0, 0.1) is 5.92 Å². The lowest BCUT2D eigenvalue weighted by atomic mass is 9.78. The summed E-state index contributed by atoms with van der Waals surface area (Å²) in [6, 6.07) is 4.17. The molecule has 0 bridgehead atoms. The number of amides is 1. The Morgan fingerprint density at radius 2 is 2.00 bits per heavy atom. The van der Waals surface area contributed by atoms with E-state index in [9.17, 15) is 4.79 Å². The van der Waals surface area contributed by atoms with Crippen molar-refractivity contribution in [3.8, 4) is 0 Å². The molecule has 0 spiro atoms. The third-order valence-corrected chi connectivity index (χ3v) is 5.51. The first-order valence-electron chi connectivity index (χ1n) is 6.82. The van der Waals surface area contributed by atoms with E-state index in [1.165, 1.54) is 43.4 Å². The van der Waals surface area contributed by atoms with Gasteiger partial charge in [0.25, 0.3) is 5.91 Å². The molecule has 98 valence electrons. The van der Waals surface area contributed by atoms with Gasteiger partial charge in [-0.3, -0.25) is 4.79 Å². The average molecular weight is 284 g/mol. The van der Waals surface area contributed by atoms with Gasteiger partial charge in [-0.05, 0) is 43.7 Å². The summed E-state index contributed by atoms with van der Waals surface area (Å²) in [5.74, 6) is 0.940. The number of nitrogens with zero attached hydrogens (tertiary/aromatic N) is 1. The van der Waals surface area contributed by atoms with Crippen molar-refractivity contribution in [1.82, 2.24) is 4.90 Å². The van der Waals surface area contributed by atoms with Crippen LogP contribution in [0.5, 0.6) is 0 Å². The van der Waals surface area contributed by atoms with Crippen molar-refractivity contribution in [2.24, 2.45) is 5.92 Å². The molecular formula is C14H18ClNOS. The molecule has 1 saturated heterocycles. The van der Waals surface area contributed by atoms with Gasteiger partial charge in [0, 0.05) is 12.6 Å². The number of piperidine rings is 1. The summed E-state index contributed by atoms with van der Waals surface area (Å²) in [4.78, 5) is 15.5. The van der Waals surface area contributed by atoms with E-state index in [2.05, 4.69) is 4.90 Å². The number of rotatable bonds is 1. The van der Waals surface area contributed by atoms with Gasteiger partial charge in [-0.1, -0.05) is 24.4 Å². The zero-order valence-electron chi connectivity index (χ0n) is 10.4. The first kappa shape index (κ1) is 12.5. The standard InChI is InChI=1S/C14H18ClNOS/c15-13-8-7-12(18-13)14(17)16-9-3-5-10-4-1-2-6-11(10)16/h7-8,10-11H,1-6,9H2. The number of likely N-dealkylation sites (tertiary alicyclic amines) is 1. The molecule has 1 saturated carbocycles. The van der Waals surface area contributed by atoms with E-state index in [-0.39, 0.29) is 5.91 Å². The van der Waals surface area contributed by atoms with Crippen LogP contribution in [0.2, 0.25) is 4.34 Å². The molecule has 0 N–H and O–H groups in total. The summed E-state index contributed by atoms with van der Waals surface area (Å²) in [6.45, 7) is 0.926. The van der Waals surface area contributed by atoms with Crippen LogP contribution in [0.1, 0.15) is 48.2 Å². The fourth-order valence-corrected chi connectivity index (χ4v) is 4.45. The summed E-state index contributed by atoms with van der Waals surface area (Å²) >= 11 is 7.33. The van der Waals surface area contributed by atoms with E-state index < -0.39 is 0 Å². The molecule has 1 amide bonds. The van der Waals surface area contributed by atoms with Crippen LogP contribution in [0.15, 0.2) is 12.1 Å². The number of thiophene rings is 1. The van der Waals surface area contributed by atoms with E-state index in [1.807, 2.05) is 12.1 Å². The molecule has 1 aliphatic carbocycles. The third-order valence-electron chi connectivity index (χ3n) is 4.29. The quantitative estimate of drug-likeness (QED) is 0.756. The van der Waals surface area contributed by atoms with Crippen LogP contribution in [-0.4, -0.2) is 23.4 Å². The van der Waals surface area contributed by atoms with Crippen molar-refractivity contribution < 1.29 is 4.79 Å². The van der Waals surface area contributed by atoms with Gasteiger partial charge in [0.05, 0.1) is 9.21 Å². The predicted octanol–water partition coefficient (Wildman–Crippen LogP) is 4.20. The maximum atomic E-state index is 12.5. The lowest BCUT2D eigenvalue weighted by Gasteiger charge is -2.44. The number of hydrogen-bond donors (Lipinski definition) is 0. The Morgan fingerprint density at radius 1 is 1.22 bits per heavy atom. The molecule has 2 nitrogen and oxygen atoms in total. The van der Waals surface area contributed by atoms with Crippen molar-refractivity contribution in [2.45, 2.75) is 44.6 Å². The summed E-state index contributed by atoms with van der Waals surface area (Å²) in [6.07, 6.45) is 7.57. The zero-order chi connectivity index (χ0) is 12.5. The first-order chi connectivity index (χ1) is 8.75. The highest BCUT2D eigenvalue weighted by atomic mass is 35.5. The van der Waals surface area contributed by atoms with Crippen LogP contribution < -0.4 is 0 Å². The van der Waals surface area contributed by atoms with Gasteiger partial charge in [-0.2, -0.15) is 0 Å². The van der Waals surface area contributed by atoms with Crippen LogP contribution in [0.25, 0.3) is 0 Å². The largest absolute Gasteiger partial charge is 0.335 e. The second kappa shape index (κ2) is 5.22. The van der Waals surface area contributed by atoms with Gasteiger partial charge >= 0.3 is 0 Å². The molecule has 1 aromatic rings. The van der Waals surface area contributed by atoms with E-state index in [1.54, 1.807) is 0 Å². The van der Waals surface area contributed by atoms with E-state index in [0.29, 0.717) is 10.4 Å². The highest BCUT2D eigenvalue weighted by Crippen LogP contribution is 2.36. The lowest BCUT2D eigenvalue weighted by Crippen LogP contribution is -2.49. The molecule has 1 aliphatic heterocycles. The molecule has 0 radical (unpaired) electrons. The normalized spacial score (nSPS) is 27.9. The topological polar surface area (TPSA) is 20.3 Å². The molecule has 2 aliphatic rings. The highest BCUT2D eigenvalue weighted by Gasteiger charge is 2.36. The van der Waals surface area contributed by atoms with Gasteiger partial charge < -0.3 is 4.90 Å². The van der Waals surface area contributed by atoms with Crippen LogP contribution >= 0.6 is 22.9 Å². The summed E-state index contributed by atoms with van der Waals surface area (Å²) in [7, 11) is 0. The second-order valence-electron chi connectivity index (χ2n) is 5.36. The molecule has 4 heteroatoms. The number of halogens is 1. The van der Waals surface area contributed by atoms with Crippen molar-refractivity contribution >= 4 is 28.8 Å². The average Bonchev–Trinajstić information content (AvgIpc) is 2.84. The molecule has 2 fully saturated rings. The molecule has 2 heterocycles. The minimum Gasteiger partial charge on any atom is -0.335 e. The van der Waals surface area contributed by atoms with Gasteiger partial charge in [0.1, 0.15) is 0 Å². The number of carbonyl (C=O) groups is 1. The fraction of sp³-hybridized carbons (Fsp3) is 0.643. The Labute approximate surface area is 117 Å². The van der Waals surface area contributed by atoms with Gasteiger partial charge in [-0.25, -0.2) is 0 Å². The Kier molecular flexibility index (Phi) is 3.62. The SMILES string of the molecule is O=C(c1ccc(Cl)s1)N1CCCC2CCCCC21. The van der Waals surface area contributed by atoms with Gasteiger partial charge in [-0.15, -0.1) is 11.3 Å². The van der Waals surface area contributed by atoms with Crippen molar-refractivity contribution in [3.05, 3.63) is 21.3 Å². The van der Waals surface area contributed by atoms with Crippen LogP contribution in [0.4, 0.5) is 0 Å². The zero-order valence-corrected chi connectivity index (χ0v) is 12.0. The Hall–Kier alpha value is -0.540. The number of fused-ring (bicyclic) bond motifs is 1. The highest BCUT2D eigenvalue weighted by molar-refractivity contribution is 7.17. The number of hydrogen-bond acceptors (Lipinski definition) is 2. The minimum atomic E-state index is 0.198. The molecule has 1 aromatic heterocycles. The summed E-state index contributed by atoms with van der Waals surface area (Å²) < 4.78 is 0.704. The van der Waals surface area contributed by atoms with Crippen LogP contribution in [0.3, 0.4) is 0 Å². The molecule has 2 atom stereocenters. The second-order valence-corrected chi connectivity index (χ2v) is 7.07. The van der Waals surface area contributed by atoms with E-state index in [4.69, 9.17) is 11.6 Å². The number of carbonyl (C=O) groups excluding carboxylic acids is 1. The monoisotopic (exact) mass is 283 g/mol. The molecule has 0 aromatic carbocycles. The first-order valence-corrected chi connectivity index (χ1v) is 8.01. The smallest absolute Gasteiger partial charge is 0.264 e. The van der Waals surface area contributed by atoms with Gasteiger partial charge in [0.2, 0.25) is 0 Å². The molecule has 18 heavy (non-hydrogen) atoms. The Bertz CT molecular complexity index is 443. The molecule has 3 rings (SSSR count). The Balaban J connectivity index is 1.79. The van der Waals surface area contributed by atoms with Crippen molar-refractivity contribution in [2.75, 3.05) is 6.54 Å². The lowest BCUT2D eigenvalue weighted by molar-refractivity contribution is 0.0395. The van der Waals surface area contributed by atoms with E-state index >= 15 is 0 Å². The minimum absolute atomic E-state index is 0.198. The van der Waals surface area contributed by atoms with Crippen molar-refractivity contribution in [3.63, 3.8) is 0 Å². The summed E-state index contributed by atoms with van der Waals surface area (Å²) in [5, 5.41) is 0.